The van der Waals surface area contributed by atoms with Crippen LogP contribution < -0.4 is 10.6 Å². The van der Waals surface area contributed by atoms with Gasteiger partial charge in [0.1, 0.15) is 6.04 Å². The van der Waals surface area contributed by atoms with Crippen LogP contribution in [0.25, 0.3) is 10.9 Å². The SMILES string of the molecule is COC(=O)[C@@H](Cc1c[nH]c2ccccc12)NC(=O)CNC(=O)c1ccccc1C. The van der Waals surface area contributed by atoms with E-state index >= 15 is 0 Å². The first-order chi connectivity index (χ1) is 14.0. The Labute approximate surface area is 168 Å². The molecule has 0 unspecified atom stereocenters. The summed E-state index contributed by atoms with van der Waals surface area (Å²) in [4.78, 5) is 39.9. The molecule has 3 rings (SSSR count). The lowest BCUT2D eigenvalue weighted by atomic mass is 10.0. The highest BCUT2D eigenvalue weighted by molar-refractivity contribution is 5.98. The number of benzene rings is 2. The van der Waals surface area contributed by atoms with Crippen molar-refractivity contribution >= 4 is 28.7 Å². The van der Waals surface area contributed by atoms with Gasteiger partial charge in [-0.05, 0) is 30.2 Å². The molecule has 1 heterocycles. The van der Waals surface area contributed by atoms with Gasteiger partial charge in [0, 0.05) is 29.1 Å². The van der Waals surface area contributed by atoms with Gasteiger partial charge in [-0.1, -0.05) is 36.4 Å². The number of H-pyrrole nitrogens is 1. The molecule has 0 spiro atoms. The number of fused-ring (bicyclic) bond motifs is 1. The highest BCUT2D eigenvalue weighted by atomic mass is 16.5. The number of hydrogen-bond donors (Lipinski definition) is 3. The zero-order valence-corrected chi connectivity index (χ0v) is 16.3. The van der Waals surface area contributed by atoms with E-state index in [9.17, 15) is 14.4 Å². The van der Waals surface area contributed by atoms with Gasteiger partial charge in [0.2, 0.25) is 5.91 Å². The summed E-state index contributed by atoms with van der Waals surface area (Å²) in [6.07, 6.45) is 2.08. The molecule has 150 valence electrons. The van der Waals surface area contributed by atoms with E-state index in [4.69, 9.17) is 4.74 Å². The second kappa shape index (κ2) is 9.05. The summed E-state index contributed by atoms with van der Waals surface area (Å²) in [5, 5.41) is 6.21. The molecule has 1 aromatic heterocycles. The van der Waals surface area contributed by atoms with Gasteiger partial charge in [-0.2, -0.15) is 0 Å². The molecule has 7 nitrogen and oxygen atoms in total. The average Bonchev–Trinajstić information content (AvgIpc) is 3.14. The van der Waals surface area contributed by atoms with Crippen molar-refractivity contribution in [2.24, 2.45) is 0 Å². The maximum atomic E-state index is 12.3. The Morgan fingerprint density at radius 3 is 2.55 bits per heavy atom. The number of aromatic amines is 1. The molecule has 0 aliphatic heterocycles. The molecule has 3 aromatic rings. The van der Waals surface area contributed by atoms with Crippen LogP contribution in [0.2, 0.25) is 0 Å². The van der Waals surface area contributed by atoms with E-state index < -0.39 is 17.9 Å². The number of hydrogen-bond acceptors (Lipinski definition) is 4. The molecule has 0 aliphatic rings. The van der Waals surface area contributed by atoms with Crippen LogP contribution in [0, 0.1) is 6.92 Å². The van der Waals surface area contributed by atoms with E-state index in [2.05, 4.69) is 15.6 Å². The van der Waals surface area contributed by atoms with E-state index in [0.717, 1.165) is 22.0 Å². The fourth-order valence-corrected chi connectivity index (χ4v) is 3.18. The Bertz CT molecular complexity index is 1040. The van der Waals surface area contributed by atoms with Crippen molar-refractivity contribution in [2.45, 2.75) is 19.4 Å². The Morgan fingerprint density at radius 1 is 1.07 bits per heavy atom. The number of amides is 2. The number of esters is 1. The zero-order valence-electron chi connectivity index (χ0n) is 16.3. The van der Waals surface area contributed by atoms with Crippen LogP contribution in [0.5, 0.6) is 0 Å². The van der Waals surface area contributed by atoms with Crippen molar-refractivity contribution in [1.29, 1.82) is 0 Å². The molecule has 0 bridgehead atoms. The molecule has 0 saturated heterocycles. The second-order valence-corrected chi connectivity index (χ2v) is 6.70. The first kappa shape index (κ1) is 20.1. The number of carbonyl (C=O) groups is 3. The van der Waals surface area contributed by atoms with Crippen molar-refractivity contribution in [2.75, 3.05) is 13.7 Å². The van der Waals surface area contributed by atoms with Crippen LogP contribution in [-0.2, 0) is 20.7 Å². The van der Waals surface area contributed by atoms with Crippen LogP contribution in [0.3, 0.4) is 0 Å². The maximum absolute atomic E-state index is 12.3. The number of nitrogens with one attached hydrogen (secondary N) is 3. The van der Waals surface area contributed by atoms with Gasteiger partial charge in [0.05, 0.1) is 13.7 Å². The molecule has 2 amide bonds. The summed E-state index contributed by atoms with van der Waals surface area (Å²) in [6.45, 7) is 1.58. The minimum absolute atomic E-state index is 0.242. The summed E-state index contributed by atoms with van der Waals surface area (Å²) < 4.78 is 4.83. The summed E-state index contributed by atoms with van der Waals surface area (Å²) in [5.41, 5.74) is 3.16. The normalized spacial score (nSPS) is 11.7. The van der Waals surface area contributed by atoms with E-state index in [1.807, 2.05) is 49.5 Å². The first-order valence-corrected chi connectivity index (χ1v) is 9.25. The standard InChI is InChI=1S/C22H23N3O4/c1-14-7-3-4-8-16(14)21(27)24-13-20(26)25-19(22(28)29-2)11-15-12-23-18-10-6-5-9-17(15)18/h3-10,12,19,23H,11,13H2,1-2H3,(H,24,27)(H,25,26)/t19-/m1/s1. The van der Waals surface area contributed by atoms with Crippen molar-refractivity contribution in [1.82, 2.24) is 15.6 Å². The number of methoxy groups -OCH3 is 1. The van der Waals surface area contributed by atoms with Crippen molar-refractivity contribution < 1.29 is 19.1 Å². The molecule has 0 radical (unpaired) electrons. The Kier molecular flexibility index (Phi) is 6.29. The Balaban J connectivity index is 1.64. The third kappa shape index (κ3) is 4.82. The third-order valence-electron chi connectivity index (χ3n) is 4.72. The molecule has 0 saturated carbocycles. The molecular weight excluding hydrogens is 370 g/mol. The molecular formula is C22H23N3O4. The monoisotopic (exact) mass is 393 g/mol. The van der Waals surface area contributed by atoms with E-state index in [1.165, 1.54) is 7.11 Å². The predicted molar refractivity (Wildman–Crippen MR) is 109 cm³/mol. The van der Waals surface area contributed by atoms with Gasteiger partial charge in [-0.3, -0.25) is 9.59 Å². The summed E-state index contributed by atoms with van der Waals surface area (Å²) in [5.74, 6) is -1.36. The molecule has 1 atom stereocenters. The highest BCUT2D eigenvalue weighted by Crippen LogP contribution is 2.19. The molecule has 2 aromatic carbocycles. The van der Waals surface area contributed by atoms with Crippen LogP contribution in [-0.4, -0.2) is 42.5 Å². The fourth-order valence-electron chi connectivity index (χ4n) is 3.18. The largest absolute Gasteiger partial charge is 0.467 e. The number of ether oxygens (including phenoxy) is 1. The van der Waals surface area contributed by atoms with E-state index in [1.54, 1.807) is 12.1 Å². The van der Waals surface area contributed by atoms with Crippen molar-refractivity contribution in [3.8, 4) is 0 Å². The van der Waals surface area contributed by atoms with E-state index in [0.29, 0.717) is 5.56 Å². The lowest BCUT2D eigenvalue weighted by Crippen LogP contribution is -2.47. The lowest BCUT2D eigenvalue weighted by molar-refractivity contribution is -0.144. The summed E-state index contributed by atoms with van der Waals surface area (Å²) in [7, 11) is 1.27. The minimum Gasteiger partial charge on any atom is -0.467 e. The van der Waals surface area contributed by atoms with Crippen molar-refractivity contribution in [3.05, 3.63) is 71.4 Å². The average molecular weight is 393 g/mol. The molecule has 0 aliphatic carbocycles. The molecule has 0 fully saturated rings. The Morgan fingerprint density at radius 2 is 1.79 bits per heavy atom. The summed E-state index contributed by atoms with van der Waals surface area (Å²) >= 11 is 0. The smallest absolute Gasteiger partial charge is 0.328 e. The van der Waals surface area contributed by atoms with Gasteiger partial charge >= 0.3 is 5.97 Å². The fraction of sp³-hybridized carbons (Fsp3) is 0.227. The Hall–Kier alpha value is -3.61. The minimum atomic E-state index is -0.859. The topological polar surface area (TPSA) is 100 Å². The lowest BCUT2D eigenvalue weighted by Gasteiger charge is -2.16. The molecule has 3 N–H and O–H groups in total. The number of rotatable bonds is 7. The third-order valence-corrected chi connectivity index (χ3v) is 4.72. The van der Waals surface area contributed by atoms with Crippen LogP contribution >= 0.6 is 0 Å². The predicted octanol–water partition coefficient (Wildman–Crippen LogP) is 2.11. The van der Waals surface area contributed by atoms with Gasteiger partial charge < -0.3 is 20.4 Å². The zero-order chi connectivity index (χ0) is 20.8. The number of aryl methyl sites for hydroxylation is 1. The summed E-state index contributed by atoms with van der Waals surface area (Å²) in [6, 6.07) is 14.0. The van der Waals surface area contributed by atoms with Crippen molar-refractivity contribution in [3.63, 3.8) is 0 Å². The number of aromatic nitrogens is 1. The highest BCUT2D eigenvalue weighted by Gasteiger charge is 2.23. The van der Waals surface area contributed by atoms with Gasteiger partial charge in [0.25, 0.3) is 5.91 Å². The van der Waals surface area contributed by atoms with Gasteiger partial charge in [-0.25, -0.2) is 4.79 Å². The van der Waals surface area contributed by atoms with Crippen LogP contribution in [0.15, 0.2) is 54.7 Å². The van der Waals surface area contributed by atoms with Crippen LogP contribution in [0.1, 0.15) is 21.5 Å². The quantitative estimate of drug-likeness (QED) is 0.535. The molecule has 29 heavy (non-hydrogen) atoms. The van der Waals surface area contributed by atoms with Gasteiger partial charge in [0.15, 0.2) is 0 Å². The molecule has 7 heteroatoms. The maximum Gasteiger partial charge on any atom is 0.328 e. The second-order valence-electron chi connectivity index (χ2n) is 6.70. The first-order valence-electron chi connectivity index (χ1n) is 9.25. The van der Waals surface area contributed by atoms with E-state index in [-0.39, 0.29) is 18.9 Å². The number of carbonyl (C=O) groups excluding carboxylic acids is 3. The number of para-hydroxylation sites is 1. The van der Waals surface area contributed by atoms with Gasteiger partial charge in [-0.15, -0.1) is 0 Å². The van der Waals surface area contributed by atoms with Crippen LogP contribution in [0.4, 0.5) is 0 Å².